The Morgan fingerprint density at radius 2 is 2.21 bits per heavy atom. The van der Waals surface area contributed by atoms with Crippen molar-refractivity contribution in [2.24, 2.45) is 0 Å². The number of hydrogen-bond donors (Lipinski definition) is 1. The van der Waals surface area contributed by atoms with Crippen molar-refractivity contribution in [3.8, 4) is 5.75 Å². The second-order valence-corrected chi connectivity index (χ2v) is 6.85. The molecule has 0 aromatic heterocycles. The fraction of sp³-hybridized carbons (Fsp3) is 0.538. The van der Waals surface area contributed by atoms with Gasteiger partial charge in [-0.25, -0.2) is 13.1 Å². The summed E-state index contributed by atoms with van der Waals surface area (Å²) < 4.78 is 30.5. The van der Waals surface area contributed by atoms with Crippen LogP contribution in [0, 0.1) is 6.92 Å². The van der Waals surface area contributed by atoms with Crippen molar-refractivity contribution in [1.29, 1.82) is 0 Å². The van der Waals surface area contributed by atoms with E-state index in [0.717, 1.165) is 23.5 Å². The van der Waals surface area contributed by atoms with Gasteiger partial charge in [0.1, 0.15) is 11.9 Å². The summed E-state index contributed by atoms with van der Waals surface area (Å²) in [6.45, 7) is 5.85. The predicted octanol–water partition coefficient (Wildman–Crippen LogP) is 1.13. The molecule has 1 aromatic carbocycles. The topological polar surface area (TPSA) is 58.6 Å². The summed E-state index contributed by atoms with van der Waals surface area (Å²) in [5.74, 6) is 0.873. The lowest BCUT2D eigenvalue weighted by molar-refractivity contribution is 0.212. The molecule has 0 saturated carbocycles. The molecule has 0 amide bonds. The van der Waals surface area contributed by atoms with Crippen molar-refractivity contribution >= 4 is 15.7 Å². The Morgan fingerprint density at radius 3 is 2.89 bits per heavy atom. The zero-order chi connectivity index (χ0) is 14.0. The largest absolute Gasteiger partial charge is 0.487 e. The van der Waals surface area contributed by atoms with Crippen LogP contribution in [0.15, 0.2) is 18.2 Å². The van der Waals surface area contributed by atoms with Gasteiger partial charge in [-0.1, -0.05) is 6.07 Å². The standard InChI is InChI=1S/C13H20N2O3S/c1-10-4-5-12-13(8-10)18-11(2)9-15(12)7-6-14-19(3,16)17/h4-5,8,11,14H,6-7,9H2,1-3H3. The van der Waals surface area contributed by atoms with E-state index in [2.05, 4.69) is 9.62 Å². The molecular weight excluding hydrogens is 264 g/mol. The van der Waals surface area contributed by atoms with Gasteiger partial charge < -0.3 is 9.64 Å². The Hall–Kier alpha value is -1.27. The molecule has 0 fully saturated rings. The summed E-state index contributed by atoms with van der Waals surface area (Å²) in [6.07, 6.45) is 1.28. The molecule has 106 valence electrons. The number of benzene rings is 1. The lowest BCUT2D eigenvalue weighted by atomic mass is 10.1. The summed E-state index contributed by atoms with van der Waals surface area (Å²) >= 11 is 0. The van der Waals surface area contributed by atoms with E-state index in [1.165, 1.54) is 6.26 Å². The van der Waals surface area contributed by atoms with E-state index in [1.54, 1.807) is 0 Å². The van der Waals surface area contributed by atoms with E-state index in [1.807, 2.05) is 32.0 Å². The summed E-state index contributed by atoms with van der Waals surface area (Å²) in [7, 11) is -3.13. The van der Waals surface area contributed by atoms with Crippen molar-refractivity contribution in [2.75, 3.05) is 30.8 Å². The van der Waals surface area contributed by atoms with Crippen LogP contribution < -0.4 is 14.4 Å². The summed E-state index contributed by atoms with van der Waals surface area (Å²) in [5, 5.41) is 0. The quantitative estimate of drug-likeness (QED) is 0.900. The number of rotatable bonds is 4. The van der Waals surface area contributed by atoms with Crippen molar-refractivity contribution in [1.82, 2.24) is 4.72 Å². The summed E-state index contributed by atoms with van der Waals surface area (Å²) in [4.78, 5) is 2.15. The first kappa shape index (κ1) is 14.1. The minimum Gasteiger partial charge on any atom is -0.487 e. The van der Waals surface area contributed by atoms with Crippen molar-refractivity contribution in [3.63, 3.8) is 0 Å². The zero-order valence-electron chi connectivity index (χ0n) is 11.5. The van der Waals surface area contributed by atoms with Gasteiger partial charge in [0.25, 0.3) is 0 Å². The van der Waals surface area contributed by atoms with E-state index < -0.39 is 10.0 Å². The summed E-state index contributed by atoms with van der Waals surface area (Å²) in [6, 6.07) is 6.08. The first-order chi connectivity index (χ1) is 8.85. The highest BCUT2D eigenvalue weighted by Gasteiger charge is 2.22. The van der Waals surface area contributed by atoms with Gasteiger partial charge in [0.2, 0.25) is 10.0 Å². The molecule has 0 bridgehead atoms. The number of fused-ring (bicyclic) bond motifs is 1. The number of aryl methyl sites for hydroxylation is 1. The normalized spacial score (nSPS) is 18.9. The molecule has 5 nitrogen and oxygen atoms in total. The zero-order valence-corrected chi connectivity index (χ0v) is 12.3. The third-order valence-electron chi connectivity index (χ3n) is 3.01. The second-order valence-electron chi connectivity index (χ2n) is 5.01. The average molecular weight is 284 g/mol. The van der Waals surface area contributed by atoms with Gasteiger partial charge in [0, 0.05) is 13.1 Å². The number of nitrogens with zero attached hydrogens (tertiary/aromatic N) is 1. The number of anilines is 1. The molecular formula is C13H20N2O3S. The van der Waals surface area contributed by atoms with E-state index in [4.69, 9.17) is 4.74 Å². The SMILES string of the molecule is Cc1ccc2c(c1)OC(C)CN2CCNS(C)(=O)=O. The van der Waals surface area contributed by atoms with Crippen molar-refractivity contribution in [3.05, 3.63) is 23.8 Å². The van der Waals surface area contributed by atoms with E-state index in [9.17, 15) is 8.42 Å². The van der Waals surface area contributed by atoms with Crippen LogP contribution in [-0.2, 0) is 10.0 Å². The highest BCUT2D eigenvalue weighted by Crippen LogP contribution is 2.33. The molecule has 0 saturated heterocycles. The van der Waals surface area contributed by atoms with Crippen LogP contribution in [0.25, 0.3) is 0 Å². The fourth-order valence-electron chi connectivity index (χ4n) is 2.22. The van der Waals surface area contributed by atoms with Crippen LogP contribution in [0.4, 0.5) is 5.69 Å². The van der Waals surface area contributed by atoms with Gasteiger partial charge >= 0.3 is 0 Å². The Bertz CT molecular complexity index is 557. The third-order valence-corrected chi connectivity index (χ3v) is 3.74. The molecule has 1 heterocycles. The van der Waals surface area contributed by atoms with Crippen LogP contribution in [0.5, 0.6) is 5.75 Å². The highest BCUT2D eigenvalue weighted by molar-refractivity contribution is 7.88. The minimum absolute atomic E-state index is 0.104. The smallest absolute Gasteiger partial charge is 0.208 e. The lowest BCUT2D eigenvalue weighted by Gasteiger charge is -2.35. The maximum atomic E-state index is 11.1. The molecule has 1 aromatic rings. The molecule has 0 aliphatic carbocycles. The molecule has 2 rings (SSSR count). The molecule has 0 spiro atoms. The number of ether oxygens (including phenoxy) is 1. The van der Waals surface area contributed by atoms with Crippen LogP contribution >= 0.6 is 0 Å². The van der Waals surface area contributed by atoms with Gasteiger partial charge in [-0.2, -0.15) is 0 Å². The first-order valence-corrected chi connectivity index (χ1v) is 8.21. The van der Waals surface area contributed by atoms with Crippen molar-refractivity contribution < 1.29 is 13.2 Å². The Kier molecular flexibility index (Phi) is 4.01. The number of nitrogens with one attached hydrogen (secondary N) is 1. The van der Waals surface area contributed by atoms with Crippen LogP contribution in [0.1, 0.15) is 12.5 Å². The molecule has 19 heavy (non-hydrogen) atoms. The molecule has 0 radical (unpaired) electrons. The minimum atomic E-state index is -3.13. The van der Waals surface area contributed by atoms with Crippen LogP contribution in [0.2, 0.25) is 0 Å². The fourth-order valence-corrected chi connectivity index (χ4v) is 2.68. The van der Waals surface area contributed by atoms with Crippen molar-refractivity contribution in [2.45, 2.75) is 20.0 Å². The number of sulfonamides is 1. The van der Waals surface area contributed by atoms with Gasteiger partial charge in [-0.15, -0.1) is 0 Å². The third kappa shape index (κ3) is 3.84. The van der Waals surface area contributed by atoms with E-state index in [-0.39, 0.29) is 6.10 Å². The highest BCUT2D eigenvalue weighted by atomic mass is 32.2. The second kappa shape index (κ2) is 5.38. The molecule has 1 N–H and O–H groups in total. The summed E-state index contributed by atoms with van der Waals surface area (Å²) in [5.41, 5.74) is 2.18. The molecule has 6 heteroatoms. The van der Waals surface area contributed by atoms with Gasteiger partial charge in [-0.05, 0) is 31.5 Å². The van der Waals surface area contributed by atoms with Gasteiger partial charge in [-0.3, -0.25) is 0 Å². The molecule has 1 aliphatic rings. The molecule has 1 aliphatic heterocycles. The lowest BCUT2D eigenvalue weighted by Crippen LogP contribution is -2.42. The average Bonchev–Trinajstić information content (AvgIpc) is 2.26. The number of hydrogen-bond acceptors (Lipinski definition) is 4. The maximum absolute atomic E-state index is 11.1. The molecule has 1 atom stereocenters. The molecule has 1 unspecified atom stereocenters. The van der Waals surface area contributed by atoms with Crippen LogP contribution in [-0.4, -0.2) is 40.4 Å². The van der Waals surface area contributed by atoms with E-state index >= 15 is 0 Å². The monoisotopic (exact) mass is 284 g/mol. The Morgan fingerprint density at radius 1 is 1.47 bits per heavy atom. The Balaban J connectivity index is 2.10. The van der Waals surface area contributed by atoms with Crippen LogP contribution in [0.3, 0.4) is 0 Å². The Labute approximate surface area is 114 Å². The maximum Gasteiger partial charge on any atom is 0.208 e. The van der Waals surface area contributed by atoms with Gasteiger partial charge in [0.15, 0.2) is 0 Å². The predicted molar refractivity (Wildman–Crippen MR) is 76.3 cm³/mol. The van der Waals surface area contributed by atoms with E-state index in [0.29, 0.717) is 13.1 Å². The van der Waals surface area contributed by atoms with Gasteiger partial charge in [0.05, 0.1) is 18.5 Å². The first-order valence-electron chi connectivity index (χ1n) is 6.32.